The van der Waals surface area contributed by atoms with Crippen molar-refractivity contribution < 1.29 is 68.2 Å². The second kappa shape index (κ2) is 34.2. The summed E-state index contributed by atoms with van der Waals surface area (Å²) in [5, 5.41) is 60.3. The van der Waals surface area contributed by atoms with E-state index in [2.05, 4.69) is 26.0 Å². The molecule has 0 aromatic carbocycles. The van der Waals surface area contributed by atoms with Crippen LogP contribution in [-0.2, 0) is 32.7 Å². The van der Waals surface area contributed by atoms with Gasteiger partial charge in [-0.1, -0.05) is 148 Å². The number of phosphoric ester groups is 1. The minimum absolute atomic E-state index is 0.0541. The van der Waals surface area contributed by atoms with Crippen LogP contribution in [0.25, 0.3) is 0 Å². The predicted octanol–water partition coefficient (Wildman–Crippen LogP) is 7.25. The first-order valence-corrected chi connectivity index (χ1v) is 24.1. The zero-order chi connectivity index (χ0) is 43.0. The predicted molar refractivity (Wildman–Crippen MR) is 223 cm³/mol. The molecule has 1 aliphatic rings. The van der Waals surface area contributed by atoms with Crippen molar-refractivity contribution in [1.29, 1.82) is 0 Å². The fraction of sp³-hybridized carbons (Fsp3) is 0.907. The average Bonchev–Trinajstić information content (AvgIpc) is 3.20. The molecule has 0 bridgehead atoms. The van der Waals surface area contributed by atoms with Gasteiger partial charge >= 0.3 is 19.8 Å². The Morgan fingerprint density at radius 1 is 0.586 bits per heavy atom. The Hall–Kier alpha value is -1.45. The highest BCUT2D eigenvalue weighted by molar-refractivity contribution is 7.47. The summed E-state index contributed by atoms with van der Waals surface area (Å²) in [4.78, 5) is 35.6. The van der Waals surface area contributed by atoms with E-state index in [1.165, 1.54) is 77.0 Å². The zero-order valence-electron chi connectivity index (χ0n) is 35.7. The number of phosphoric acid groups is 1. The topological polar surface area (TPSA) is 230 Å². The van der Waals surface area contributed by atoms with Crippen molar-refractivity contribution in [2.24, 2.45) is 0 Å². The summed E-state index contributed by atoms with van der Waals surface area (Å²) in [6.07, 6.45) is 17.1. The van der Waals surface area contributed by atoms with Gasteiger partial charge < -0.3 is 45.0 Å². The summed E-state index contributed by atoms with van der Waals surface area (Å²) >= 11 is 0. The van der Waals surface area contributed by atoms with Crippen LogP contribution in [0.2, 0.25) is 0 Å². The van der Waals surface area contributed by atoms with Gasteiger partial charge in [0.25, 0.3) is 0 Å². The molecule has 0 heterocycles. The van der Waals surface area contributed by atoms with E-state index in [0.29, 0.717) is 19.3 Å². The molecule has 58 heavy (non-hydrogen) atoms. The number of rotatable bonds is 37. The van der Waals surface area contributed by atoms with Crippen LogP contribution in [0.5, 0.6) is 0 Å². The number of aliphatic hydroxyl groups excluding tert-OH is 6. The second-order valence-corrected chi connectivity index (χ2v) is 17.5. The molecule has 1 rings (SSSR count). The lowest BCUT2D eigenvalue weighted by molar-refractivity contribution is -0.220. The highest BCUT2D eigenvalue weighted by Crippen LogP contribution is 2.47. The van der Waals surface area contributed by atoms with Crippen molar-refractivity contribution in [3.8, 4) is 0 Å². The number of hydrogen-bond acceptors (Lipinski definition) is 13. The smallest absolute Gasteiger partial charge is 0.462 e. The Morgan fingerprint density at radius 3 is 1.57 bits per heavy atom. The van der Waals surface area contributed by atoms with Crippen molar-refractivity contribution in [2.45, 2.75) is 236 Å². The summed E-state index contributed by atoms with van der Waals surface area (Å²) in [7, 11) is -5.13. The number of unbranched alkanes of at least 4 members (excludes halogenated alkanes) is 20. The van der Waals surface area contributed by atoms with Gasteiger partial charge in [-0.05, 0) is 38.5 Å². The molecule has 15 heteroatoms. The molecule has 0 aliphatic heterocycles. The minimum Gasteiger partial charge on any atom is -0.462 e. The fourth-order valence-electron chi connectivity index (χ4n) is 6.95. The first-order valence-electron chi connectivity index (χ1n) is 22.6. The van der Waals surface area contributed by atoms with Crippen LogP contribution in [0.4, 0.5) is 0 Å². The van der Waals surface area contributed by atoms with E-state index in [1.807, 2.05) is 0 Å². The summed E-state index contributed by atoms with van der Waals surface area (Å²) in [5.74, 6) is -1.15. The van der Waals surface area contributed by atoms with Crippen LogP contribution in [-0.4, -0.2) is 110 Å². The van der Waals surface area contributed by atoms with Crippen molar-refractivity contribution in [3.05, 3.63) is 12.2 Å². The third-order valence-electron chi connectivity index (χ3n) is 10.7. The molecule has 0 spiro atoms. The molecule has 0 radical (unpaired) electrons. The van der Waals surface area contributed by atoms with Crippen LogP contribution in [0.1, 0.15) is 187 Å². The highest BCUT2D eigenvalue weighted by Gasteiger charge is 2.51. The third-order valence-corrected chi connectivity index (χ3v) is 11.7. The normalized spacial score (nSPS) is 23.1. The van der Waals surface area contributed by atoms with Crippen LogP contribution >= 0.6 is 7.82 Å². The molecular formula is C43H81O14P. The fourth-order valence-corrected chi connectivity index (χ4v) is 7.92. The Bertz CT molecular complexity index is 1090. The van der Waals surface area contributed by atoms with Gasteiger partial charge in [-0.15, -0.1) is 0 Å². The van der Waals surface area contributed by atoms with E-state index in [1.54, 1.807) is 0 Å². The van der Waals surface area contributed by atoms with Crippen LogP contribution in [0.15, 0.2) is 12.2 Å². The highest BCUT2D eigenvalue weighted by atomic mass is 31.2. The quantitative estimate of drug-likeness (QED) is 0.0141. The van der Waals surface area contributed by atoms with Gasteiger partial charge in [-0.3, -0.25) is 18.6 Å². The molecule has 1 fully saturated rings. The Balaban J connectivity index is 2.49. The summed E-state index contributed by atoms with van der Waals surface area (Å²) < 4.78 is 33.4. The number of carbonyl (C=O) groups excluding carboxylic acids is 2. The number of aliphatic hydroxyl groups is 6. The Kier molecular flexibility index (Phi) is 32.2. The van der Waals surface area contributed by atoms with E-state index in [4.69, 9.17) is 18.5 Å². The Labute approximate surface area is 348 Å². The number of carbonyl (C=O) groups is 2. The molecule has 7 unspecified atom stereocenters. The number of esters is 2. The number of ether oxygens (including phenoxy) is 2. The molecule has 7 N–H and O–H groups in total. The zero-order valence-corrected chi connectivity index (χ0v) is 36.6. The van der Waals surface area contributed by atoms with Crippen molar-refractivity contribution in [3.63, 3.8) is 0 Å². The lowest BCUT2D eigenvalue weighted by atomic mass is 9.85. The van der Waals surface area contributed by atoms with E-state index in [-0.39, 0.29) is 18.9 Å². The van der Waals surface area contributed by atoms with Crippen molar-refractivity contribution in [1.82, 2.24) is 0 Å². The van der Waals surface area contributed by atoms with Crippen LogP contribution in [0.3, 0.4) is 0 Å². The van der Waals surface area contributed by atoms with Gasteiger partial charge in [0.1, 0.15) is 43.2 Å². The first-order chi connectivity index (χ1) is 27.8. The standard InChI is InChI=1S/C43H81O14P/c1-3-5-7-9-11-12-13-14-15-16-17-22-26-30-36(45)54-32-35(33-55-58(52,53)57-43-41(50)39(48)38(47)40(49)42(43)51)56-37(46)31-27-23-19-18-21-25-29-34(44)28-24-20-10-8-6-4-2/h20,24,34-35,38-44,47-51H,3-19,21-23,25-33H2,1-2H3,(H,52,53)/b24-20+. The summed E-state index contributed by atoms with van der Waals surface area (Å²) in [6, 6.07) is 0. The van der Waals surface area contributed by atoms with Crippen molar-refractivity contribution >= 4 is 19.8 Å². The molecule has 1 saturated carbocycles. The lowest BCUT2D eigenvalue weighted by Gasteiger charge is -2.41. The second-order valence-electron chi connectivity index (χ2n) is 16.1. The third kappa shape index (κ3) is 26.7. The number of allylic oxidation sites excluding steroid dienone is 1. The average molecular weight is 853 g/mol. The largest absolute Gasteiger partial charge is 0.472 e. The van der Waals surface area contributed by atoms with Gasteiger partial charge in [0.15, 0.2) is 6.10 Å². The van der Waals surface area contributed by atoms with Gasteiger partial charge in [-0.25, -0.2) is 4.57 Å². The lowest BCUT2D eigenvalue weighted by Crippen LogP contribution is -2.64. The first kappa shape index (κ1) is 54.6. The van der Waals surface area contributed by atoms with E-state index in [9.17, 15) is 49.7 Å². The molecule has 0 aromatic heterocycles. The minimum atomic E-state index is -5.13. The number of hydrogen-bond donors (Lipinski definition) is 7. The van der Waals surface area contributed by atoms with Gasteiger partial charge in [0, 0.05) is 12.8 Å². The monoisotopic (exact) mass is 853 g/mol. The summed E-state index contributed by atoms with van der Waals surface area (Å²) in [5.41, 5.74) is 0. The molecular weight excluding hydrogens is 771 g/mol. The molecule has 0 amide bonds. The van der Waals surface area contributed by atoms with E-state index < -0.39 is 75.7 Å². The molecule has 0 aromatic rings. The summed E-state index contributed by atoms with van der Waals surface area (Å²) in [6.45, 7) is 3.19. The van der Waals surface area contributed by atoms with Gasteiger partial charge in [0.2, 0.25) is 0 Å². The van der Waals surface area contributed by atoms with E-state index in [0.717, 1.165) is 64.2 Å². The molecule has 7 atom stereocenters. The molecule has 342 valence electrons. The van der Waals surface area contributed by atoms with Crippen LogP contribution in [0, 0.1) is 0 Å². The maximum absolute atomic E-state index is 12.8. The molecule has 14 nitrogen and oxygen atoms in total. The SMILES string of the molecule is CCCCC/C=C/CC(O)CCCCCCCCC(=O)OC(COC(=O)CCCCCCCCCCCCCCC)COP(=O)(O)OC1C(O)C(O)C(O)C(O)C1O. The molecule has 0 saturated heterocycles. The maximum Gasteiger partial charge on any atom is 0.472 e. The maximum atomic E-state index is 12.8. The van der Waals surface area contributed by atoms with E-state index >= 15 is 0 Å². The van der Waals surface area contributed by atoms with Crippen LogP contribution < -0.4 is 0 Å². The van der Waals surface area contributed by atoms with Gasteiger partial charge in [-0.2, -0.15) is 0 Å². The van der Waals surface area contributed by atoms with Gasteiger partial charge in [0.05, 0.1) is 12.7 Å². The molecule has 1 aliphatic carbocycles. The van der Waals surface area contributed by atoms with Crippen molar-refractivity contribution in [2.75, 3.05) is 13.2 Å². The Morgan fingerprint density at radius 2 is 1.03 bits per heavy atom.